The van der Waals surface area contributed by atoms with E-state index in [1.807, 2.05) is 6.92 Å². The molecular weight excluding hydrogens is 384 g/mol. The van der Waals surface area contributed by atoms with Crippen LogP contribution in [0.15, 0.2) is 70.3 Å². The predicted octanol–water partition coefficient (Wildman–Crippen LogP) is 4.20. The number of carbonyl (C=O) groups excluding carboxylic acids is 1. The second kappa shape index (κ2) is 8.24. The summed E-state index contributed by atoms with van der Waals surface area (Å²) in [4.78, 5) is 12.5. The van der Waals surface area contributed by atoms with Crippen molar-refractivity contribution < 1.29 is 17.9 Å². The number of thiophene rings is 1. The van der Waals surface area contributed by atoms with Gasteiger partial charge in [-0.25, -0.2) is 8.42 Å². The Morgan fingerprint density at radius 3 is 2.48 bits per heavy atom. The number of amides is 1. The summed E-state index contributed by atoms with van der Waals surface area (Å²) in [6, 6.07) is 16.5. The molecule has 0 atom stereocenters. The van der Waals surface area contributed by atoms with Gasteiger partial charge < -0.3 is 10.1 Å². The molecule has 0 fully saturated rings. The Hall–Kier alpha value is -2.84. The van der Waals surface area contributed by atoms with Crippen LogP contribution in [-0.2, 0) is 10.0 Å². The molecule has 27 heavy (non-hydrogen) atoms. The van der Waals surface area contributed by atoms with Crippen LogP contribution in [0, 0.1) is 0 Å². The number of hydrogen-bond acceptors (Lipinski definition) is 5. The molecule has 8 heteroatoms. The molecule has 0 saturated heterocycles. The number of nitrogens with one attached hydrogen (secondary N) is 2. The largest absolute Gasteiger partial charge is 0.494 e. The molecular formula is C19H18N2O4S2. The van der Waals surface area contributed by atoms with Gasteiger partial charge in [0.2, 0.25) is 0 Å². The van der Waals surface area contributed by atoms with E-state index < -0.39 is 10.0 Å². The van der Waals surface area contributed by atoms with Crippen molar-refractivity contribution in [2.24, 2.45) is 0 Å². The van der Waals surface area contributed by atoms with E-state index in [9.17, 15) is 13.2 Å². The molecule has 0 saturated carbocycles. The minimum absolute atomic E-state index is 0.215. The molecule has 0 spiro atoms. The first-order chi connectivity index (χ1) is 13.0. The molecule has 2 N–H and O–H groups in total. The molecule has 6 nitrogen and oxygen atoms in total. The van der Waals surface area contributed by atoms with Crippen LogP contribution < -0.4 is 14.8 Å². The van der Waals surface area contributed by atoms with Crippen molar-refractivity contribution in [3.05, 3.63) is 71.6 Å². The normalized spacial score (nSPS) is 11.0. The molecule has 140 valence electrons. The molecule has 1 amide bonds. The summed E-state index contributed by atoms with van der Waals surface area (Å²) in [5, 5.41) is 4.47. The molecule has 0 radical (unpaired) electrons. The third-order valence-electron chi connectivity index (χ3n) is 3.56. The summed E-state index contributed by atoms with van der Waals surface area (Å²) >= 11 is 1.13. The van der Waals surface area contributed by atoms with Gasteiger partial charge in [-0.2, -0.15) is 0 Å². The number of benzene rings is 2. The lowest BCUT2D eigenvalue weighted by molar-refractivity contribution is 0.102. The SMILES string of the molecule is CCOc1ccc(NC(=O)c2cccc(NS(=O)(=O)c3cccs3)c2)cc1. The molecule has 0 unspecified atom stereocenters. The van der Waals surface area contributed by atoms with Gasteiger partial charge in [-0.3, -0.25) is 9.52 Å². The fourth-order valence-electron chi connectivity index (χ4n) is 2.35. The number of hydrogen-bond donors (Lipinski definition) is 2. The van der Waals surface area contributed by atoms with E-state index >= 15 is 0 Å². The van der Waals surface area contributed by atoms with Crippen molar-refractivity contribution in [1.82, 2.24) is 0 Å². The maximum atomic E-state index is 12.5. The number of sulfonamides is 1. The van der Waals surface area contributed by atoms with Crippen LogP contribution in [0.1, 0.15) is 17.3 Å². The Balaban J connectivity index is 1.72. The summed E-state index contributed by atoms with van der Waals surface area (Å²) in [6.45, 7) is 2.47. The maximum absolute atomic E-state index is 12.5. The van der Waals surface area contributed by atoms with Crippen molar-refractivity contribution in [3.8, 4) is 5.75 Å². The summed E-state index contributed by atoms with van der Waals surface area (Å²) in [6.07, 6.45) is 0. The summed E-state index contributed by atoms with van der Waals surface area (Å²) in [7, 11) is -3.66. The van der Waals surface area contributed by atoms with Crippen LogP contribution in [0.25, 0.3) is 0 Å². The molecule has 0 aliphatic heterocycles. The molecule has 1 heterocycles. The quantitative estimate of drug-likeness (QED) is 0.620. The van der Waals surface area contributed by atoms with E-state index in [0.717, 1.165) is 17.1 Å². The first-order valence-corrected chi connectivity index (χ1v) is 10.5. The van der Waals surface area contributed by atoms with Gasteiger partial charge in [-0.05, 0) is 60.8 Å². The van der Waals surface area contributed by atoms with Crippen LogP contribution in [0.5, 0.6) is 5.75 Å². The highest BCUT2D eigenvalue weighted by atomic mass is 32.2. The molecule has 0 aliphatic carbocycles. The van der Waals surface area contributed by atoms with Crippen LogP contribution in [0.3, 0.4) is 0 Å². The van der Waals surface area contributed by atoms with Crippen LogP contribution >= 0.6 is 11.3 Å². The van der Waals surface area contributed by atoms with E-state index in [2.05, 4.69) is 10.0 Å². The van der Waals surface area contributed by atoms with Crippen LogP contribution in [-0.4, -0.2) is 20.9 Å². The Morgan fingerprint density at radius 1 is 1.04 bits per heavy atom. The zero-order valence-corrected chi connectivity index (χ0v) is 16.1. The standard InChI is InChI=1S/C19H18N2O4S2/c1-2-25-17-10-8-15(9-11-17)20-19(22)14-5-3-6-16(13-14)21-27(23,24)18-7-4-12-26-18/h3-13,21H,2H2,1H3,(H,20,22). The van der Waals surface area contributed by atoms with E-state index in [-0.39, 0.29) is 10.1 Å². The van der Waals surface area contributed by atoms with Gasteiger partial charge in [0.25, 0.3) is 15.9 Å². The Kier molecular flexibility index (Phi) is 5.78. The molecule has 2 aromatic carbocycles. The molecule has 0 aliphatic rings. The Bertz CT molecular complexity index is 1010. The lowest BCUT2D eigenvalue weighted by Crippen LogP contribution is -2.14. The van der Waals surface area contributed by atoms with Gasteiger partial charge in [-0.15, -0.1) is 11.3 Å². The minimum atomic E-state index is -3.66. The predicted molar refractivity (Wildman–Crippen MR) is 107 cm³/mol. The number of anilines is 2. The van der Waals surface area contributed by atoms with Gasteiger partial charge in [-0.1, -0.05) is 12.1 Å². The lowest BCUT2D eigenvalue weighted by Gasteiger charge is -2.10. The highest BCUT2D eigenvalue weighted by molar-refractivity contribution is 7.94. The van der Waals surface area contributed by atoms with E-state index in [0.29, 0.717) is 23.5 Å². The van der Waals surface area contributed by atoms with E-state index in [4.69, 9.17) is 4.74 Å². The summed E-state index contributed by atoms with van der Waals surface area (Å²) in [5.74, 6) is 0.386. The Morgan fingerprint density at radius 2 is 1.81 bits per heavy atom. The number of carbonyl (C=O) groups is 1. The average Bonchev–Trinajstić information content (AvgIpc) is 3.19. The maximum Gasteiger partial charge on any atom is 0.271 e. The molecule has 0 bridgehead atoms. The number of rotatable bonds is 7. The zero-order chi connectivity index (χ0) is 19.3. The first-order valence-electron chi connectivity index (χ1n) is 8.18. The van der Waals surface area contributed by atoms with E-state index in [1.165, 1.54) is 12.1 Å². The topological polar surface area (TPSA) is 84.5 Å². The Labute approximate surface area is 161 Å². The zero-order valence-electron chi connectivity index (χ0n) is 14.5. The van der Waals surface area contributed by atoms with Crippen molar-refractivity contribution in [1.29, 1.82) is 0 Å². The minimum Gasteiger partial charge on any atom is -0.494 e. The first kappa shape index (κ1) is 18.9. The third kappa shape index (κ3) is 4.87. The van der Waals surface area contributed by atoms with E-state index in [1.54, 1.807) is 53.9 Å². The van der Waals surface area contributed by atoms with Gasteiger partial charge >= 0.3 is 0 Å². The summed E-state index contributed by atoms with van der Waals surface area (Å²) < 4.78 is 32.7. The highest BCUT2D eigenvalue weighted by Crippen LogP contribution is 2.21. The van der Waals surface area contributed by atoms with Crippen LogP contribution in [0.4, 0.5) is 11.4 Å². The van der Waals surface area contributed by atoms with Gasteiger partial charge in [0, 0.05) is 16.9 Å². The van der Waals surface area contributed by atoms with Crippen molar-refractivity contribution in [2.75, 3.05) is 16.6 Å². The lowest BCUT2D eigenvalue weighted by atomic mass is 10.2. The average molecular weight is 402 g/mol. The molecule has 3 rings (SSSR count). The summed E-state index contributed by atoms with van der Waals surface area (Å²) in [5.41, 5.74) is 1.28. The van der Waals surface area contributed by atoms with Crippen molar-refractivity contribution in [2.45, 2.75) is 11.1 Å². The fourth-order valence-corrected chi connectivity index (χ4v) is 4.39. The fraction of sp³-hybridized carbons (Fsp3) is 0.105. The molecule has 3 aromatic rings. The molecule has 1 aromatic heterocycles. The third-order valence-corrected chi connectivity index (χ3v) is 6.34. The van der Waals surface area contributed by atoms with Crippen LogP contribution in [0.2, 0.25) is 0 Å². The number of ether oxygens (including phenoxy) is 1. The smallest absolute Gasteiger partial charge is 0.271 e. The second-order valence-corrected chi connectivity index (χ2v) is 8.39. The van der Waals surface area contributed by atoms with Crippen molar-refractivity contribution in [3.63, 3.8) is 0 Å². The van der Waals surface area contributed by atoms with Gasteiger partial charge in [0.1, 0.15) is 9.96 Å². The van der Waals surface area contributed by atoms with Gasteiger partial charge in [0.15, 0.2) is 0 Å². The monoisotopic (exact) mass is 402 g/mol. The van der Waals surface area contributed by atoms with Crippen molar-refractivity contribution >= 4 is 38.6 Å². The van der Waals surface area contributed by atoms with Gasteiger partial charge in [0.05, 0.1) is 6.61 Å². The second-order valence-electron chi connectivity index (χ2n) is 5.53. The highest BCUT2D eigenvalue weighted by Gasteiger charge is 2.16.